The minimum Gasteiger partial charge on any atom is -0.481 e. The van der Waals surface area contributed by atoms with E-state index in [1.165, 1.54) is 20.3 Å². The largest absolute Gasteiger partial charge is 0.481 e. The number of esters is 1. The number of ether oxygens (including phenoxy) is 4. The Balaban J connectivity index is 2.01. The highest BCUT2D eigenvalue weighted by Crippen LogP contribution is 2.37. The molecule has 2 aromatic rings. The van der Waals surface area contributed by atoms with Crippen molar-refractivity contribution in [3.8, 4) is 23.5 Å². The number of hydrogen-bond donors (Lipinski definition) is 0. The summed E-state index contributed by atoms with van der Waals surface area (Å²) in [5, 5.41) is 0. The highest BCUT2D eigenvalue weighted by molar-refractivity contribution is 6.05. The lowest BCUT2D eigenvalue weighted by Gasteiger charge is -2.09. The summed E-state index contributed by atoms with van der Waals surface area (Å²) in [4.78, 5) is 20.4. The van der Waals surface area contributed by atoms with E-state index in [1.807, 2.05) is 19.1 Å². The Morgan fingerprint density at radius 3 is 2.50 bits per heavy atom. The predicted octanol–water partition coefficient (Wildman–Crippen LogP) is 3.21. The Morgan fingerprint density at radius 1 is 1.17 bits per heavy atom. The first kappa shape index (κ1) is 15.8. The third-order valence-corrected chi connectivity index (χ3v) is 3.37. The Hall–Kier alpha value is -3.09. The van der Waals surface area contributed by atoms with E-state index in [9.17, 15) is 4.79 Å². The van der Waals surface area contributed by atoms with Crippen molar-refractivity contribution in [2.24, 2.45) is 0 Å². The molecule has 1 aromatic carbocycles. The van der Waals surface area contributed by atoms with Crippen molar-refractivity contribution in [3.05, 3.63) is 41.5 Å². The predicted molar refractivity (Wildman–Crippen MR) is 85.3 cm³/mol. The number of methoxy groups -OCH3 is 2. The van der Waals surface area contributed by atoms with Gasteiger partial charge in [0, 0.05) is 5.56 Å². The Morgan fingerprint density at radius 2 is 1.88 bits per heavy atom. The lowest BCUT2D eigenvalue weighted by Crippen LogP contribution is -2.01. The van der Waals surface area contributed by atoms with Gasteiger partial charge in [-0.2, -0.15) is 9.97 Å². The van der Waals surface area contributed by atoms with Gasteiger partial charge < -0.3 is 18.9 Å². The van der Waals surface area contributed by atoms with Gasteiger partial charge in [-0.3, -0.25) is 0 Å². The first-order valence-electron chi connectivity index (χ1n) is 7.37. The summed E-state index contributed by atoms with van der Waals surface area (Å²) in [6.07, 6.45) is 2.60. The van der Waals surface area contributed by atoms with Crippen LogP contribution in [0.25, 0.3) is 5.76 Å². The number of nitrogens with zero attached hydrogens (tertiary/aromatic N) is 2. The number of cyclic esters (lactones) is 1. The molecule has 1 aliphatic rings. The molecule has 2 heterocycles. The molecular formula is C17H16N2O5. The number of carbonyl (C=O) groups is 1. The van der Waals surface area contributed by atoms with Gasteiger partial charge in [-0.1, -0.05) is 19.1 Å². The summed E-state index contributed by atoms with van der Waals surface area (Å²) in [6, 6.07) is 6.78. The summed E-state index contributed by atoms with van der Waals surface area (Å²) in [5.74, 6) is 0.965. The number of allylic oxidation sites excluding steroid dienone is 1. The number of fused-ring (bicyclic) bond motifs is 1. The van der Waals surface area contributed by atoms with E-state index in [0.29, 0.717) is 34.4 Å². The number of aromatic nitrogens is 2. The van der Waals surface area contributed by atoms with Gasteiger partial charge in [-0.05, 0) is 18.6 Å². The fourth-order valence-electron chi connectivity index (χ4n) is 2.31. The van der Waals surface area contributed by atoms with Crippen molar-refractivity contribution in [1.82, 2.24) is 9.97 Å². The molecule has 0 bridgehead atoms. The van der Waals surface area contributed by atoms with Crippen LogP contribution in [0.3, 0.4) is 0 Å². The maximum atomic E-state index is 12.2. The minimum absolute atomic E-state index is 0.0142. The smallest absolute Gasteiger partial charge is 0.348 e. The van der Waals surface area contributed by atoms with Gasteiger partial charge in [0.25, 0.3) is 0 Å². The second-order valence-corrected chi connectivity index (χ2v) is 4.88. The van der Waals surface area contributed by atoms with E-state index in [2.05, 4.69) is 9.97 Å². The standard InChI is InChI=1S/C17H16N2O5/c1-4-6-11-10-7-5-8-12(15(10)16(20)23-11)24-17-18-13(21-2)9-14(19-17)22-3/h5-9H,4H2,1-3H3. The molecule has 0 spiro atoms. The zero-order valence-corrected chi connectivity index (χ0v) is 13.5. The topological polar surface area (TPSA) is 79.8 Å². The van der Waals surface area contributed by atoms with E-state index >= 15 is 0 Å². The van der Waals surface area contributed by atoms with Crippen LogP contribution in [-0.2, 0) is 4.74 Å². The highest BCUT2D eigenvalue weighted by Gasteiger charge is 2.30. The third-order valence-electron chi connectivity index (χ3n) is 3.37. The quantitative estimate of drug-likeness (QED) is 0.780. The monoisotopic (exact) mass is 328 g/mol. The molecule has 124 valence electrons. The molecule has 24 heavy (non-hydrogen) atoms. The fourth-order valence-corrected chi connectivity index (χ4v) is 2.31. The second kappa shape index (κ2) is 6.57. The number of carbonyl (C=O) groups excluding carboxylic acids is 1. The van der Waals surface area contributed by atoms with Crippen molar-refractivity contribution >= 4 is 11.7 Å². The van der Waals surface area contributed by atoms with Crippen LogP contribution in [0.15, 0.2) is 30.3 Å². The lowest BCUT2D eigenvalue weighted by molar-refractivity contribution is 0.0713. The van der Waals surface area contributed by atoms with E-state index < -0.39 is 5.97 Å². The van der Waals surface area contributed by atoms with Crippen molar-refractivity contribution in [1.29, 1.82) is 0 Å². The molecule has 0 saturated carbocycles. The highest BCUT2D eigenvalue weighted by atomic mass is 16.5. The van der Waals surface area contributed by atoms with Gasteiger partial charge in [0.2, 0.25) is 11.8 Å². The fraction of sp³-hybridized carbons (Fsp3) is 0.235. The van der Waals surface area contributed by atoms with Gasteiger partial charge in [0.1, 0.15) is 17.1 Å². The van der Waals surface area contributed by atoms with Crippen LogP contribution < -0.4 is 14.2 Å². The van der Waals surface area contributed by atoms with Crippen LogP contribution in [-0.4, -0.2) is 30.2 Å². The molecule has 7 nitrogen and oxygen atoms in total. The third kappa shape index (κ3) is 2.88. The average molecular weight is 328 g/mol. The summed E-state index contributed by atoms with van der Waals surface area (Å²) in [5.41, 5.74) is 1.04. The van der Waals surface area contributed by atoms with Crippen molar-refractivity contribution in [3.63, 3.8) is 0 Å². The van der Waals surface area contributed by atoms with E-state index in [4.69, 9.17) is 18.9 Å². The molecule has 7 heteroatoms. The Kier molecular flexibility index (Phi) is 4.33. The summed E-state index contributed by atoms with van der Waals surface area (Å²) < 4.78 is 21.2. The van der Waals surface area contributed by atoms with E-state index in [0.717, 1.165) is 6.42 Å². The van der Waals surface area contributed by atoms with Crippen molar-refractivity contribution < 1.29 is 23.7 Å². The molecule has 0 aliphatic carbocycles. The number of rotatable bonds is 5. The van der Waals surface area contributed by atoms with Crippen LogP contribution in [0.5, 0.6) is 23.5 Å². The summed E-state index contributed by atoms with van der Waals surface area (Å²) in [7, 11) is 2.95. The van der Waals surface area contributed by atoms with Gasteiger partial charge in [-0.25, -0.2) is 4.79 Å². The Bertz CT molecular complexity index is 794. The molecule has 1 aliphatic heterocycles. The molecular weight excluding hydrogens is 312 g/mol. The zero-order valence-electron chi connectivity index (χ0n) is 13.5. The maximum Gasteiger partial charge on any atom is 0.348 e. The molecule has 0 saturated heterocycles. The van der Waals surface area contributed by atoms with Crippen molar-refractivity contribution in [2.45, 2.75) is 13.3 Å². The molecule has 0 fully saturated rings. The van der Waals surface area contributed by atoms with Gasteiger partial charge in [0.05, 0.1) is 20.3 Å². The first-order valence-corrected chi connectivity index (χ1v) is 7.37. The van der Waals surface area contributed by atoms with Gasteiger partial charge in [0.15, 0.2) is 0 Å². The molecule has 0 N–H and O–H groups in total. The molecule has 0 amide bonds. The number of hydrogen-bond acceptors (Lipinski definition) is 7. The van der Waals surface area contributed by atoms with Gasteiger partial charge >= 0.3 is 12.0 Å². The zero-order chi connectivity index (χ0) is 17.1. The van der Waals surface area contributed by atoms with Gasteiger partial charge in [-0.15, -0.1) is 0 Å². The van der Waals surface area contributed by atoms with E-state index in [1.54, 1.807) is 12.1 Å². The lowest BCUT2D eigenvalue weighted by atomic mass is 10.1. The van der Waals surface area contributed by atoms with Crippen LogP contribution >= 0.6 is 0 Å². The molecule has 0 unspecified atom stereocenters. The molecule has 0 radical (unpaired) electrons. The summed E-state index contributed by atoms with van der Waals surface area (Å²) in [6.45, 7) is 1.97. The van der Waals surface area contributed by atoms with Crippen LogP contribution in [0, 0.1) is 0 Å². The maximum absolute atomic E-state index is 12.2. The molecule has 3 rings (SSSR count). The van der Waals surface area contributed by atoms with E-state index in [-0.39, 0.29) is 6.01 Å². The number of benzene rings is 1. The first-order chi connectivity index (χ1) is 11.7. The average Bonchev–Trinajstić information content (AvgIpc) is 2.92. The Labute approximate surface area is 138 Å². The van der Waals surface area contributed by atoms with Crippen LogP contribution in [0.1, 0.15) is 29.3 Å². The van der Waals surface area contributed by atoms with Crippen molar-refractivity contribution in [2.75, 3.05) is 14.2 Å². The van der Waals surface area contributed by atoms with Crippen LogP contribution in [0.2, 0.25) is 0 Å². The second-order valence-electron chi connectivity index (χ2n) is 4.88. The minimum atomic E-state index is -0.463. The normalized spacial score (nSPS) is 14.3. The van der Waals surface area contributed by atoms with Crippen LogP contribution in [0.4, 0.5) is 0 Å². The summed E-state index contributed by atoms with van der Waals surface area (Å²) >= 11 is 0. The molecule has 1 aromatic heterocycles. The molecule has 0 atom stereocenters. The SMILES string of the molecule is CCC=C1OC(=O)c2c(Oc3nc(OC)cc(OC)n3)cccc21.